The second-order valence-corrected chi connectivity index (χ2v) is 5.80. The van der Waals surface area contributed by atoms with Crippen molar-refractivity contribution in [3.63, 3.8) is 0 Å². The van der Waals surface area contributed by atoms with Gasteiger partial charge in [0.1, 0.15) is 11.5 Å². The third-order valence-corrected chi connectivity index (χ3v) is 4.61. The highest BCUT2D eigenvalue weighted by molar-refractivity contribution is 5.42. The molecular formula is C16H24N2O3. The maximum atomic E-state index is 6.47. The molecule has 21 heavy (non-hydrogen) atoms. The first-order valence-electron chi connectivity index (χ1n) is 7.56. The lowest BCUT2D eigenvalue weighted by Crippen LogP contribution is -2.49. The topological polar surface area (TPSA) is 57.0 Å². The van der Waals surface area contributed by atoms with Crippen LogP contribution in [-0.2, 0) is 4.74 Å². The lowest BCUT2D eigenvalue weighted by molar-refractivity contribution is -0.0599. The van der Waals surface area contributed by atoms with Gasteiger partial charge in [-0.05, 0) is 37.6 Å². The molecule has 0 bridgehead atoms. The van der Waals surface area contributed by atoms with Crippen LogP contribution in [-0.4, -0.2) is 51.0 Å². The number of nitrogens with two attached hydrogens (primary N) is 1. The van der Waals surface area contributed by atoms with E-state index < -0.39 is 0 Å². The third kappa shape index (κ3) is 2.86. The molecule has 2 saturated heterocycles. The van der Waals surface area contributed by atoms with Crippen molar-refractivity contribution >= 4 is 0 Å². The van der Waals surface area contributed by atoms with Crippen molar-refractivity contribution in [2.75, 3.05) is 33.9 Å². The Morgan fingerprint density at radius 2 is 2.19 bits per heavy atom. The number of benzene rings is 1. The number of ether oxygens (including phenoxy) is 3. The van der Waals surface area contributed by atoms with Crippen LogP contribution in [0.1, 0.15) is 24.4 Å². The van der Waals surface area contributed by atoms with Gasteiger partial charge in [0.15, 0.2) is 0 Å². The molecule has 2 aliphatic rings. The highest BCUT2D eigenvalue weighted by atomic mass is 16.5. The summed E-state index contributed by atoms with van der Waals surface area (Å²) in [6.45, 7) is 2.84. The van der Waals surface area contributed by atoms with Crippen molar-refractivity contribution in [3.8, 4) is 11.5 Å². The van der Waals surface area contributed by atoms with Crippen LogP contribution in [0.15, 0.2) is 18.2 Å². The fraction of sp³-hybridized carbons (Fsp3) is 0.625. The summed E-state index contributed by atoms with van der Waals surface area (Å²) in [5.74, 6) is 1.58. The molecule has 2 fully saturated rings. The van der Waals surface area contributed by atoms with E-state index in [-0.39, 0.29) is 12.1 Å². The molecule has 0 amide bonds. The van der Waals surface area contributed by atoms with Gasteiger partial charge < -0.3 is 19.9 Å². The van der Waals surface area contributed by atoms with E-state index in [1.807, 2.05) is 18.2 Å². The van der Waals surface area contributed by atoms with Crippen LogP contribution >= 0.6 is 0 Å². The number of nitrogens with zero attached hydrogens (tertiary/aromatic N) is 1. The van der Waals surface area contributed by atoms with Gasteiger partial charge in [-0.3, -0.25) is 4.90 Å². The number of hydrogen-bond donors (Lipinski definition) is 1. The van der Waals surface area contributed by atoms with E-state index in [0.29, 0.717) is 6.04 Å². The normalized spacial score (nSPS) is 27.2. The van der Waals surface area contributed by atoms with Gasteiger partial charge >= 0.3 is 0 Å². The summed E-state index contributed by atoms with van der Waals surface area (Å²) in [7, 11) is 3.32. The first-order chi connectivity index (χ1) is 10.2. The molecule has 0 spiro atoms. The summed E-state index contributed by atoms with van der Waals surface area (Å²) < 4.78 is 16.8. The van der Waals surface area contributed by atoms with Crippen molar-refractivity contribution in [2.45, 2.75) is 31.0 Å². The molecule has 1 aromatic carbocycles. The van der Waals surface area contributed by atoms with Gasteiger partial charge in [0.25, 0.3) is 0 Å². The molecule has 0 aromatic heterocycles. The predicted octanol–water partition coefficient (Wildman–Crippen LogP) is 1.57. The van der Waals surface area contributed by atoms with Gasteiger partial charge in [0, 0.05) is 18.2 Å². The molecule has 0 aliphatic carbocycles. The van der Waals surface area contributed by atoms with E-state index in [1.54, 1.807) is 14.2 Å². The average Bonchev–Trinajstić information content (AvgIpc) is 3.01. The molecule has 0 radical (unpaired) electrons. The van der Waals surface area contributed by atoms with Crippen LogP contribution in [0.5, 0.6) is 11.5 Å². The molecule has 3 rings (SSSR count). The van der Waals surface area contributed by atoms with Gasteiger partial charge in [-0.1, -0.05) is 0 Å². The monoisotopic (exact) mass is 292 g/mol. The Morgan fingerprint density at radius 3 is 2.95 bits per heavy atom. The van der Waals surface area contributed by atoms with Crippen molar-refractivity contribution in [1.29, 1.82) is 0 Å². The maximum Gasteiger partial charge on any atom is 0.123 e. The number of fused-ring (bicyclic) bond motifs is 1. The van der Waals surface area contributed by atoms with Crippen molar-refractivity contribution in [3.05, 3.63) is 23.8 Å². The number of morpholine rings is 1. The van der Waals surface area contributed by atoms with E-state index in [2.05, 4.69) is 4.90 Å². The fourth-order valence-electron chi connectivity index (χ4n) is 3.36. The van der Waals surface area contributed by atoms with E-state index in [9.17, 15) is 0 Å². The van der Waals surface area contributed by atoms with E-state index >= 15 is 0 Å². The number of hydrogen-bond acceptors (Lipinski definition) is 5. The first kappa shape index (κ1) is 14.6. The quantitative estimate of drug-likeness (QED) is 0.913. The molecule has 2 aliphatic heterocycles. The van der Waals surface area contributed by atoms with Gasteiger partial charge in [-0.2, -0.15) is 0 Å². The van der Waals surface area contributed by atoms with Crippen LogP contribution in [0.2, 0.25) is 0 Å². The summed E-state index contributed by atoms with van der Waals surface area (Å²) in [5.41, 5.74) is 7.41. The molecule has 3 unspecified atom stereocenters. The molecule has 2 heterocycles. The highest BCUT2D eigenvalue weighted by Gasteiger charge is 2.35. The van der Waals surface area contributed by atoms with Crippen LogP contribution in [0.25, 0.3) is 0 Å². The third-order valence-electron chi connectivity index (χ3n) is 4.61. The summed E-state index contributed by atoms with van der Waals surface area (Å²) in [6.07, 6.45) is 2.50. The minimum atomic E-state index is -0.211. The second kappa shape index (κ2) is 6.22. The zero-order valence-electron chi connectivity index (χ0n) is 12.7. The molecule has 116 valence electrons. The molecule has 3 atom stereocenters. The summed E-state index contributed by atoms with van der Waals surface area (Å²) in [6, 6.07) is 6.10. The minimum Gasteiger partial charge on any atom is -0.497 e. The van der Waals surface area contributed by atoms with Crippen molar-refractivity contribution in [1.82, 2.24) is 4.90 Å². The maximum absolute atomic E-state index is 6.47. The zero-order chi connectivity index (χ0) is 14.8. The Morgan fingerprint density at radius 1 is 1.33 bits per heavy atom. The molecule has 0 saturated carbocycles. The Labute approximate surface area is 126 Å². The summed E-state index contributed by atoms with van der Waals surface area (Å²) >= 11 is 0. The Kier molecular flexibility index (Phi) is 4.33. The Balaban J connectivity index is 1.79. The van der Waals surface area contributed by atoms with E-state index in [1.165, 1.54) is 12.8 Å². The van der Waals surface area contributed by atoms with Crippen LogP contribution in [0.3, 0.4) is 0 Å². The van der Waals surface area contributed by atoms with Crippen LogP contribution in [0.4, 0.5) is 0 Å². The average molecular weight is 292 g/mol. The minimum absolute atomic E-state index is 0.000330. The predicted molar refractivity (Wildman–Crippen MR) is 80.8 cm³/mol. The Hall–Kier alpha value is -1.30. The SMILES string of the molecule is COc1ccc(OC)c(C(N)C2CN3CCCC3CO2)c1. The van der Waals surface area contributed by atoms with E-state index in [0.717, 1.165) is 36.8 Å². The molecule has 2 N–H and O–H groups in total. The van der Waals surface area contributed by atoms with Crippen molar-refractivity contribution < 1.29 is 14.2 Å². The number of methoxy groups -OCH3 is 2. The summed E-state index contributed by atoms with van der Waals surface area (Å²) in [5, 5.41) is 0. The van der Waals surface area contributed by atoms with Crippen LogP contribution in [0, 0.1) is 0 Å². The summed E-state index contributed by atoms with van der Waals surface area (Å²) in [4.78, 5) is 2.50. The number of rotatable bonds is 4. The van der Waals surface area contributed by atoms with Gasteiger partial charge in [-0.25, -0.2) is 0 Å². The lowest BCUT2D eigenvalue weighted by Gasteiger charge is -2.38. The fourth-order valence-corrected chi connectivity index (χ4v) is 3.36. The van der Waals surface area contributed by atoms with E-state index in [4.69, 9.17) is 19.9 Å². The second-order valence-electron chi connectivity index (χ2n) is 5.80. The van der Waals surface area contributed by atoms with Crippen molar-refractivity contribution in [2.24, 2.45) is 5.73 Å². The smallest absolute Gasteiger partial charge is 0.123 e. The largest absolute Gasteiger partial charge is 0.497 e. The standard InChI is InChI=1S/C16H24N2O3/c1-19-12-5-6-14(20-2)13(8-12)16(17)15-9-18-7-3-4-11(18)10-21-15/h5-6,8,11,15-16H,3-4,7,9-10,17H2,1-2H3. The van der Waals surface area contributed by atoms with Gasteiger partial charge in [0.2, 0.25) is 0 Å². The zero-order valence-corrected chi connectivity index (χ0v) is 12.7. The van der Waals surface area contributed by atoms with Crippen LogP contribution < -0.4 is 15.2 Å². The van der Waals surface area contributed by atoms with Gasteiger partial charge in [-0.15, -0.1) is 0 Å². The molecular weight excluding hydrogens is 268 g/mol. The molecule has 5 nitrogen and oxygen atoms in total. The highest BCUT2D eigenvalue weighted by Crippen LogP contribution is 2.33. The Bertz CT molecular complexity index is 494. The first-order valence-corrected chi connectivity index (χ1v) is 7.56. The lowest BCUT2D eigenvalue weighted by atomic mass is 9.99. The molecule has 5 heteroatoms. The van der Waals surface area contributed by atoms with Gasteiger partial charge in [0.05, 0.1) is 33.0 Å². The molecule has 1 aromatic rings.